The molecule has 32 heavy (non-hydrogen) atoms. The van der Waals surface area contributed by atoms with Crippen LogP contribution < -0.4 is 15.5 Å². The average Bonchev–Trinajstić information content (AvgIpc) is 3.35. The predicted octanol–water partition coefficient (Wildman–Crippen LogP) is 2.83. The number of rotatable bonds is 10. The molecule has 0 saturated heterocycles. The van der Waals surface area contributed by atoms with E-state index < -0.39 is 20.5 Å². The smallest absolute Gasteiger partial charge is 0.265 e. The highest BCUT2D eigenvalue weighted by molar-refractivity contribution is 7.93. The molecule has 0 aliphatic heterocycles. The minimum atomic E-state index is -4.17. The number of benzene rings is 2. The van der Waals surface area contributed by atoms with Crippen LogP contribution in [0.3, 0.4) is 0 Å². The number of ether oxygens (including phenoxy) is 1. The van der Waals surface area contributed by atoms with Crippen molar-refractivity contribution in [1.29, 1.82) is 0 Å². The van der Waals surface area contributed by atoms with Crippen molar-refractivity contribution in [3.05, 3.63) is 72.5 Å². The fourth-order valence-corrected chi connectivity index (χ4v) is 4.94. The lowest BCUT2D eigenvalue weighted by molar-refractivity contribution is -0.131. The Balaban J connectivity index is 1.87. The summed E-state index contributed by atoms with van der Waals surface area (Å²) in [6.07, 6.45) is 1.39. The van der Waals surface area contributed by atoms with Crippen LogP contribution in [0.15, 0.2) is 76.2 Å². The summed E-state index contributed by atoms with van der Waals surface area (Å²) in [7, 11) is -2.34. The van der Waals surface area contributed by atoms with Gasteiger partial charge >= 0.3 is 0 Å². The van der Waals surface area contributed by atoms with Crippen molar-refractivity contribution in [2.45, 2.75) is 23.0 Å². The van der Waals surface area contributed by atoms with Crippen LogP contribution in [0, 0.1) is 0 Å². The Bertz CT molecular complexity index is 1130. The Labute approximate surface area is 187 Å². The lowest BCUT2D eigenvalue weighted by atomic mass is 9.99. The highest BCUT2D eigenvalue weighted by atomic mass is 32.2. The van der Waals surface area contributed by atoms with Crippen LogP contribution in [0.25, 0.3) is 11.3 Å². The number of hydroxylamine groups is 1. The van der Waals surface area contributed by atoms with Gasteiger partial charge in [0.05, 0.1) is 11.2 Å². The summed E-state index contributed by atoms with van der Waals surface area (Å²) in [5.41, 5.74) is 2.83. The maximum atomic E-state index is 13.5. The van der Waals surface area contributed by atoms with Crippen molar-refractivity contribution in [3.8, 4) is 17.1 Å². The van der Waals surface area contributed by atoms with E-state index in [0.29, 0.717) is 35.8 Å². The van der Waals surface area contributed by atoms with Gasteiger partial charge in [-0.2, -0.15) is 0 Å². The largest absolute Gasteiger partial charge is 0.492 e. The summed E-state index contributed by atoms with van der Waals surface area (Å²) in [5.74, 6) is 0.220. The summed E-state index contributed by atoms with van der Waals surface area (Å²) in [5, 5.41) is 12.3. The van der Waals surface area contributed by atoms with E-state index in [2.05, 4.69) is 5.32 Å². The number of hydrogen-bond donors (Lipinski definition) is 3. The van der Waals surface area contributed by atoms with Crippen LogP contribution in [0.1, 0.15) is 12.5 Å². The second-order valence-electron chi connectivity index (χ2n) is 7.45. The molecular weight excluding hydrogens is 432 g/mol. The van der Waals surface area contributed by atoms with E-state index in [9.17, 15) is 18.4 Å². The number of furan rings is 1. The summed E-state index contributed by atoms with van der Waals surface area (Å²) in [4.78, 5) is 12.5. The lowest BCUT2D eigenvalue weighted by Gasteiger charge is -2.27. The fourth-order valence-electron chi connectivity index (χ4n) is 3.28. The minimum absolute atomic E-state index is 0.0362. The fraction of sp³-hybridized carbons (Fsp3) is 0.261. The van der Waals surface area contributed by atoms with Gasteiger partial charge < -0.3 is 14.5 Å². The van der Waals surface area contributed by atoms with E-state index in [0.717, 1.165) is 0 Å². The number of likely N-dealkylation sites (N-methyl/N-ethyl adjacent to an activating group) is 1. The molecule has 0 saturated carbocycles. The first-order valence-electron chi connectivity index (χ1n) is 10.0. The molecule has 3 rings (SSSR count). The molecule has 3 aromatic rings. The molecule has 1 atom stereocenters. The van der Waals surface area contributed by atoms with Crippen LogP contribution in [0.4, 0.5) is 0 Å². The summed E-state index contributed by atoms with van der Waals surface area (Å²) in [6, 6.07) is 16.4. The van der Waals surface area contributed by atoms with Crippen LogP contribution in [0.2, 0.25) is 0 Å². The zero-order chi connectivity index (χ0) is 23.2. The molecule has 0 spiro atoms. The molecule has 1 heterocycles. The monoisotopic (exact) mass is 458 g/mol. The van der Waals surface area contributed by atoms with E-state index in [1.807, 2.05) is 7.05 Å². The normalized spacial score (nSPS) is 13.3. The van der Waals surface area contributed by atoms with Gasteiger partial charge in [0, 0.05) is 18.5 Å². The molecule has 170 valence electrons. The molecule has 9 heteroatoms. The van der Waals surface area contributed by atoms with Gasteiger partial charge in [0.15, 0.2) is 14.6 Å². The van der Waals surface area contributed by atoms with Crippen molar-refractivity contribution >= 4 is 15.7 Å². The molecule has 1 amide bonds. The van der Waals surface area contributed by atoms with Crippen molar-refractivity contribution in [1.82, 2.24) is 10.8 Å². The molecule has 3 N–H and O–H groups in total. The number of carbonyl (C=O) groups excluding carboxylic acids is 1. The van der Waals surface area contributed by atoms with E-state index in [1.165, 1.54) is 30.8 Å². The van der Waals surface area contributed by atoms with Crippen LogP contribution in [-0.2, 0) is 21.1 Å². The average molecular weight is 459 g/mol. The molecule has 0 bridgehead atoms. The summed E-state index contributed by atoms with van der Waals surface area (Å²) < 4.78 is 35.9. The van der Waals surface area contributed by atoms with E-state index in [-0.39, 0.29) is 11.3 Å². The molecule has 0 radical (unpaired) electrons. The first kappa shape index (κ1) is 23.5. The molecule has 0 aliphatic carbocycles. The summed E-state index contributed by atoms with van der Waals surface area (Å²) in [6.45, 7) is 2.47. The molecule has 2 aromatic carbocycles. The maximum Gasteiger partial charge on any atom is 0.265 e. The van der Waals surface area contributed by atoms with Crippen LogP contribution in [0.5, 0.6) is 5.75 Å². The third-order valence-corrected chi connectivity index (χ3v) is 7.64. The highest BCUT2D eigenvalue weighted by Crippen LogP contribution is 2.32. The molecular formula is C23H26N2O6S. The second-order valence-corrected chi connectivity index (χ2v) is 9.83. The topological polar surface area (TPSA) is 118 Å². The quantitative estimate of drug-likeness (QED) is 0.243. The molecule has 0 fully saturated rings. The molecule has 1 aromatic heterocycles. The third kappa shape index (κ3) is 4.85. The predicted molar refractivity (Wildman–Crippen MR) is 119 cm³/mol. The van der Waals surface area contributed by atoms with Crippen molar-refractivity contribution in [2.75, 3.05) is 20.2 Å². The van der Waals surface area contributed by atoms with E-state index >= 15 is 0 Å². The molecule has 0 aliphatic rings. The number of amides is 1. The van der Waals surface area contributed by atoms with Crippen molar-refractivity contribution in [2.24, 2.45) is 0 Å². The van der Waals surface area contributed by atoms with Gasteiger partial charge in [0.2, 0.25) is 0 Å². The van der Waals surface area contributed by atoms with Crippen molar-refractivity contribution in [3.63, 3.8) is 0 Å². The van der Waals surface area contributed by atoms with Crippen LogP contribution in [-0.4, -0.2) is 44.5 Å². The Hall–Kier alpha value is -3.14. The van der Waals surface area contributed by atoms with Crippen molar-refractivity contribution < 1.29 is 27.6 Å². The third-order valence-electron chi connectivity index (χ3n) is 5.23. The SMILES string of the molecule is CNCCOc1ccc(CC(C)(C(=O)NO)S(=O)(=O)c2ccc(-c3ccco3)cc2)cc1. The van der Waals surface area contributed by atoms with Gasteiger partial charge in [-0.25, -0.2) is 13.9 Å². The van der Waals surface area contributed by atoms with Gasteiger partial charge in [0.25, 0.3) is 5.91 Å². The zero-order valence-electron chi connectivity index (χ0n) is 17.9. The Kier molecular flexibility index (Phi) is 7.34. The van der Waals surface area contributed by atoms with Gasteiger partial charge in [-0.05, 0) is 68.1 Å². The van der Waals surface area contributed by atoms with Gasteiger partial charge in [-0.1, -0.05) is 12.1 Å². The standard InChI is InChI=1S/C23H26N2O6S/c1-23(22(26)25-27,16-17-5-9-19(10-6-17)30-15-13-24-2)32(28,29)20-11-7-18(8-12-20)21-4-3-14-31-21/h3-12,14,24,27H,13,15-16H2,1-2H3,(H,25,26). The highest BCUT2D eigenvalue weighted by Gasteiger charge is 2.47. The van der Waals surface area contributed by atoms with E-state index in [4.69, 9.17) is 9.15 Å². The number of hydrogen-bond acceptors (Lipinski definition) is 7. The number of sulfone groups is 1. The number of nitrogens with one attached hydrogen (secondary N) is 2. The van der Waals surface area contributed by atoms with Gasteiger partial charge in [0.1, 0.15) is 18.1 Å². The Morgan fingerprint density at radius 1 is 1.09 bits per heavy atom. The Morgan fingerprint density at radius 3 is 2.34 bits per heavy atom. The van der Waals surface area contributed by atoms with Gasteiger partial charge in [-0.3, -0.25) is 10.0 Å². The Morgan fingerprint density at radius 2 is 1.78 bits per heavy atom. The minimum Gasteiger partial charge on any atom is -0.492 e. The zero-order valence-corrected chi connectivity index (χ0v) is 18.7. The maximum absolute atomic E-state index is 13.5. The van der Waals surface area contributed by atoms with E-state index in [1.54, 1.807) is 48.5 Å². The molecule has 1 unspecified atom stereocenters. The lowest BCUT2D eigenvalue weighted by Crippen LogP contribution is -2.51. The second kappa shape index (κ2) is 9.99. The molecule has 8 nitrogen and oxygen atoms in total. The first-order chi connectivity index (χ1) is 15.3. The van der Waals surface area contributed by atoms with Gasteiger partial charge in [-0.15, -0.1) is 0 Å². The van der Waals surface area contributed by atoms with Crippen LogP contribution >= 0.6 is 0 Å². The first-order valence-corrected chi connectivity index (χ1v) is 11.5. The number of carbonyl (C=O) groups is 1. The summed E-state index contributed by atoms with van der Waals surface area (Å²) >= 11 is 0.